The molecule has 1 heterocycles. The fourth-order valence-corrected chi connectivity index (χ4v) is 4.18. The van der Waals surface area contributed by atoms with Crippen molar-refractivity contribution in [1.29, 1.82) is 0 Å². The standard InChI is InChI=1S/C26H33FN2O3/c1-25(2,3)21-8-6-20(7-9-21)24(32)28-14-12-23(31)29-15-13-26(17-29,18-30)16-19-4-10-22(27)11-5-19/h4-11,30H,12-18H2,1-3H3,(H,28,32). The molecule has 2 N–H and O–H groups in total. The topological polar surface area (TPSA) is 69.6 Å². The third-order valence-corrected chi connectivity index (χ3v) is 6.26. The second kappa shape index (κ2) is 9.82. The van der Waals surface area contributed by atoms with Crippen LogP contribution in [-0.2, 0) is 16.6 Å². The number of aliphatic hydroxyl groups excluding tert-OH is 1. The van der Waals surface area contributed by atoms with Crippen LogP contribution in [0.2, 0.25) is 0 Å². The number of benzene rings is 2. The molecule has 0 spiro atoms. The minimum absolute atomic E-state index is 0.0254. The molecule has 0 radical (unpaired) electrons. The van der Waals surface area contributed by atoms with Crippen LogP contribution in [0.5, 0.6) is 0 Å². The highest BCUT2D eigenvalue weighted by atomic mass is 19.1. The van der Waals surface area contributed by atoms with E-state index in [-0.39, 0.29) is 42.6 Å². The highest BCUT2D eigenvalue weighted by Crippen LogP contribution is 2.34. The van der Waals surface area contributed by atoms with Crippen LogP contribution in [0.25, 0.3) is 0 Å². The van der Waals surface area contributed by atoms with Gasteiger partial charge >= 0.3 is 0 Å². The molecule has 1 fully saturated rings. The molecule has 5 nitrogen and oxygen atoms in total. The lowest BCUT2D eigenvalue weighted by molar-refractivity contribution is -0.130. The van der Waals surface area contributed by atoms with Gasteiger partial charge in [-0.2, -0.15) is 0 Å². The van der Waals surface area contributed by atoms with Gasteiger partial charge in [0.15, 0.2) is 0 Å². The molecule has 2 aromatic rings. The van der Waals surface area contributed by atoms with Crippen molar-refractivity contribution < 1.29 is 19.1 Å². The summed E-state index contributed by atoms with van der Waals surface area (Å²) in [6.07, 6.45) is 1.50. The van der Waals surface area contributed by atoms with E-state index in [1.807, 2.05) is 24.3 Å². The predicted octanol–water partition coefficient (Wildman–Crippen LogP) is 3.70. The summed E-state index contributed by atoms with van der Waals surface area (Å²) in [5, 5.41) is 12.8. The van der Waals surface area contributed by atoms with E-state index in [1.165, 1.54) is 12.1 Å². The van der Waals surface area contributed by atoms with Crippen molar-refractivity contribution in [3.63, 3.8) is 0 Å². The Bertz CT molecular complexity index is 935. The fourth-order valence-electron chi connectivity index (χ4n) is 4.18. The first-order valence-corrected chi connectivity index (χ1v) is 11.1. The molecule has 1 saturated heterocycles. The number of nitrogens with one attached hydrogen (secondary N) is 1. The van der Waals surface area contributed by atoms with Crippen molar-refractivity contribution in [2.75, 3.05) is 26.2 Å². The van der Waals surface area contributed by atoms with Crippen LogP contribution < -0.4 is 5.32 Å². The number of aliphatic hydroxyl groups is 1. The SMILES string of the molecule is CC(C)(C)c1ccc(C(=O)NCCC(=O)N2CCC(CO)(Cc3ccc(F)cc3)C2)cc1. The van der Waals surface area contributed by atoms with E-state index in [0.29, 0.717) is 31.5 Å². The first-order valence-electron chi connectivity index (χ1n) is 11.1. The normalized spacial score (nSPS) is 18.6. The van der Waals surface area contributed by atoms with E-state index in [4.69, 9.17) is 0 Å². The number of amides is 2. The first-order chi connectivity index (χ1) is 15.1. The van der Waals surface area contributed by atoms with Crippen molar-refractivity contribution in [2.45, 2.75) is 45.4 Å². The Morgan fingerprint density at radius 3 is 2.34 bits per heavy atom. The highest BCUT2D eigenvalue weighted by molar-refractivity contribution is 5.94. The fraction of sp³-hybridized carbons (Fsp3) is 0.462. The quantitative estimate of drug-likeness (QED) is 0.690. The average Bonchev–Trinajstić information content (AvgIpc) is 3.19. The number of hydrogen-bond acceptors (Lipinski definition) is 3. The summed E-state index contributed by atoms with van der Waals surface area (Å²) in [7, 11) is 0. The maximum absolute atomic E-state index is 13.2. The average molecular weight is 441 g/mol. The third kappa shape index (κ3) is 5.94. The van der Waals surface area contributed by atoms with Gasteiger partial charge in [-0.1, -0.05) is 45.0 Å². The van der Waals surface area contributed by atoms with E-state index < -0.39 is 5.41 Å². The zero-order valence-electron chi connectivity index (χ0n) is 19.2. The van der Waals surface area contributed by atoms with Crippen LogP contribution in [0, 0.1) is 11.2 Å². The van der Waals surface area contributed by atoms with Crippen LogP contribution in [0.3, 0.4) is 0 Å². The van der Waals surface area contributed by atoms with Gasteiger partial charge in [0.25, 0.3) is 5.91 Å². The number of nitrogens with zero attached hydrogens (tertiary/aromatic N) is 1. The van der Waals surface area contributed by atoms with Crippen molar-refractivity contribution in [2.24, 2.45) is 5.41 Å². The molecule has 6 heteroatoms. The summed E-state index contributed by atoms with van der Waals surface area (Å²) < 4.78 is 13.2. The molecular formula is C26H33FN2O3. The number of halogens is 1. The van der Waals surface area contributed by atoms with Crippen LogP contribution >= 0.6 is 0 Å². The van der Waals surface area contributed by atoms with Gasteiger partial charge in [0.05, 0.1) is 6.61 Å². The molecule has 0 bridgehead atoms. The highest BCUT2D eigenvalue weighted by Gasteiger charge is 2.39. The molecule has 0 aliphatic carbocycles. The van der Waals surface area contributed by atoms with E-state index in [1.54, 1.807) is 17.0 Å². The third-order valence-electron chi connectivity index (χ3n) is 6.26. The first kappa shape index (κ1) is 23.9. The summed E-state index contributed by atoms with van der Waals surface area (Å²) in [6.45, 7) is 7.63. The van der Waals surface area contributed by atoms with Gasteiger partial charge in [0.1, 0.15) is 5.82 Å². The minimum Gasteiger partial charge on any atom is -0.396 e. The van der Waals surface area contributed by atoms with Crippen molar-refractivity contribution >= 4 is 11.8 Å². The van der Waals surface area contributed by atoms with Crippen molar-refractivity contribution in [3.8, 4) is 0 Å². The van der Waals surface area contributed by atoms with E-state index in [2.05, 4.69) is 26.1 Å². The van der Waals surface area contributed by atoms with E-state index in [0.717, 1.165) is 11.1 Å². The Morgan fingerprint density at radius 1 is 1.09 bits per heavy atom. The maximum atomic E-state index is 13.2. The molecule has 0 aromatic heterocycles. The number of hydrogen-bond donors (Lipinski definition) is 2. The molecule has 1 aliphatic heterocycles. The Labute approximate surface area is 189 Å². The minimum atomic E-state index is -0.411. The number of carbonyl (C=O) groups is 2. The monoisotopic (exact) mass is 440 g/mol. The molecule has 1 atom stereocenters. The Hall–Kier alpha value is -2.73. The number of rotatable bonds is 7. The van der Waals surface area contributed by atoms with Gasteiger partial charge < -0.3 is 15.3 Å². The van der Waals surface area contributed by atoms with Crippen molar-refractivity contribution in [1.82, 2.24) is 10.2 Å². The molecular weight excluding hydrogens is 407 g/mol. The summed E-state index contributed by atoms with van der Waals surface area (Å²) in [4.78, 5) is 26.8. The Balaban J connectivity index is 1.48. The van der Waals surface area contributed by atoms with Crippen LogP contribution in [0.1, 0.15) is 55.1 Å². The Kier molecular flexibility index (Phi) is 7.34. The molecule has 32 heavy (non-hydrogen) atoms. The van der Waals surface area contributed by atoms with Crippen LogP contribution in [0.15, 0.2) is 48.5 Å². The zero-order chi connectivity index (χ0) is 23.4. The van der Waals surface area contributed by atoms with Gasteiger partial charge in [-0.05, 0) is 53.6 Å². The molecule has 172 valence electrons. The van der Waals surface area contributed by atoms with E-state index in [9.17, 15) is 19.1 Å². The van der Waals surface area contributed by atoms with Gasteiger partial charge in [-0.15, -0.1) is 0 Å². The molecule has 1 aliphatic rings. The lowest BCUT2D eigenvalue weighted by Gasteiger charge is -2.27. The van der Waals surface area contributed by atoms with Gasteiger partial charge in [0.2, 0.25) is 5.91 Å². The van der Waals surface area contributed by atoms with E-state index >= 15 is 0 Å². The molecule has 3 rings (SSSR count). The van der Waals surface area contributed by atoms with Gasteiger partial charge in [-0.25, -0.2) is 4.39 Å². The molecule has 1 unspecified atom stereocenters. The van der Waals surface area contributed by atoms with Crippen LogP contribution in [-0.4, -0.2) is 48.1 Å². The largest absolute Gasteiger partial charge is 0.396 e. The maximum Gasteiger partial charge on any atom is 0.251 e. The molecule has 0 saturated carbocycles. The molecule has 2 amide bonds. The zero-order valence-corrected chi connectivity index (χ0v) is 19.2. The number of carbonyl (C=O) groups excluding carboxylic acids is 2. The van der Waals surface area contributed by atoms with Gasteiger partial charge in [0, 0.05) is 37.0 Å². The lowest BCUT2D eigenvalue weighted by atomic mass is 9.81. The molecule has 2 aromatic carbocycles. The summed E-state index contributed by atoms with van der Waals surface area (Å²) in [6, 6.07) is 13.8. The summed E-state index contributed by atoms with van der Waals surface area (Å²) in [5.41, 5.74) is 2.29. The second-order valence-corrected chi connectivity index (χ2v) is 9.86. The number of likely N-dealkylation sites (tertiary alicyclic amines) is 1. The summed E-state index contributed by atoms with van der Waals surface area (Å²) in [5.74, 6) is -0.522. The van der Waals surface area contributed by atoms with Gasteiger partial charge in [-0.3, -0.25) is 9.59 Å². The summed E-state index contributed by atoms with van der Waals surface area (Å²) >= 11 is 0. The Morgan fingerprint density at radius 2 is 1.75 bits per heavy atom. The smallest absolute Gasteiger partial charge is 0.251 e. The van der Waals surface area contributed by atoms with Crippen LogP contribution in [0.4, 0.5) is 4.39 Å². The van der Waals surface area contributed by atoms with Crippen molar-refractivity contribution in [3.05, 3.63) is 71.0 Å². The lowest BCUT2D eigenvalue weighted by Crippen LogP contribution is -2.37. The second-order valence-electron chi connectivity index (χ2n) is 9.86. The predicted molar refractivity (Wildman–Crippen MR) is 123 cm³/mol.